The third-order valence-corrected chi connectivity index (χ3v) is 6.96. The molecule has 9 heteroatoms. The van der Waals surface area contributed by atoms with Crippen LogP contribution in [-0.4, -0.2) is 20.5 Å². The van der Waals surface area contributed by atoms with Gasteiger partial charge in [-0.05, 0) is 42.8 Å². The topological polar surface area (TPSA) is 68.3 Å². The normalized spacial score (nSPS) is 11.4. The molecule has 0 unspecified atom stereocenters. The van der Waals surface area contributed by atoms with E-state index in [1.165, 1.54) is 11.3 Å². The summed E-state index contributed by atoms with van der Waals surface area (Å²) in [4.78, 5) is 4.29. The highest BCUT2D eigenvalue weighted by atomic mass is 35.5. The number of aryl methyl sites for hydroxylation is 1. The molecule has 0 spiro atoms. The zero-order valence-electron chi connectivity index (χ0n) is 13.8. The fourth-order valence-electron chi connectivity index (χ4n) is 2.34. The van der Waals surface area contributed by atoms with Crippen LogP contribution in [0, 0.1) is 6.92 Å². The van der Waals surface area contributed by atoms with E-state index in [4.69, 9.17) is 27.9 Å². The molecule has 1 N–H and O–H groups in total. The molecule has 26 heavy (non-hydrogen) atoms. The van der Waals surface area contributed by atoms with Crippen LogP contribution >= 0.6 is 34.5 Å². The molecule has 0 saturated heterocycles. The van der Waals surface area contributed by atoms with E-state index < -0.39 is 10.0 Å². The van der Waals surface area contributed by atoms with Gasteiger partial charge in [-0.15, -0.1) is 11.3 Å². The second kappa shape index (κ2) is 7.44. The lowest BCUT2D eigenvalue weighted by Gasteiger charge is -2.11. The van der Waals surface area contributed by atoms with Gasteiger partial charge in [-0.3, -0.25) is 4.72 Å². The van der Waals surface area contributed by atoms with Crippen LogP contribution in [0.4, 0.5) is 5.13 Å². The van der Waals surface area contributed by atoms with Crippen LogP contribution in [0.15, 0.2) is 46.7 Å². The third kappa shape index (κ3) is 3.81. The molecule has 2 aromatic carbocycles. The van der Waals surface area contributed by atoms with Crippen molar-refractivity contribution in [3.05, 3.63) is 57.4 Å². The summed E-state index contributed by atoms with van der Waals surface area (Å²) in [5, 5.41) is 2.18. The Morgan fingerprint density at radius 2 is 1.81 bits per heavy atom. The number of hydrogen-bond donors (Lipinski definition) is 1. The highest BCUT2D eigenvalue weighted by Crippen LogP contribution is 2.34. The van der Waals surface area contributed by atoms with Gasteiger partial charge in [0, 0.05) is 10.9 Å². The molecule has 0 aliphatic rings. The monoisotopic (exact) mass is 428 g/mol. The predicted molar refractivity (Wildman–Crippen MR) is 106 cm³/mol. The summed E-state index contributed by atoms with van der Waals surface area (Å²) in [7, 11) is -2.32. The van der Waals surface area contributed by atoms with E-state index in [1.807, 2.05) is 24.3 Å². The minimum Gasteiger partial charge on any atom is -0.497 e. The largest absolute Gasteiger partial charge is 0.497 e. The van der Waals surface area contributed by atoms with E-state index in [9.17, 15) is 8.42 Å². The van der Waals surface area contributed by atoms with Crippen LogP contribution < -0.4 is 9.46 Å². The van der Waals surface area contributed by atoms with E-state index >= 15 is 0 Å². The zero-order valence-corrected chi connectivity index (χ0v) is 16.9. The van der Waals surface area contributed by atoms with Gasteiger partial charge in [0.15, 0.2) is 5.13 Å². The zero-order chi connectivity index (χ0) is 18.9. The number of halogens is 2. The van der Waals surface area contributed by atoms with E-state index in [0.717, 1.165) is 11.3 Å². The van der Waals surface area contributed by atoms with Crippen molar-refractivity contribution in [1.29, 1.82) is 0 Å². The molecule has 0 aliphatic heterocycles. The molecule has 0 amide bonds. The van der Waals surface area contributed by atoms with Crippen LogP contribution in [0.2, 0.25) is 10.0 Å². The number of benzene rings is 2. The number of thiazole rings is 1. The van der Waals surface area contributed by atoms with Gasteiger partial charge in [-0.1, -0.05) is 29.3 Å². The minimum absolute atomic E-state index is 0.00824. The number of sulfonamides is 1. The first-order chi connectivity index (χ1) is 12.3. The van der Waals surface area contributed by atoms with Gasteiger partial charge in [0.25, 0.3) is 10.0 Å². The lowest BCUT2D eigenvalue weighted by Crippen LogP contribution is -2.15. The van der Waals surface area contributed by atoms with Crippen LogP contribution in [0.5, 0.6) is 5.75 Å². The molecular formula is C17H14Cl2N2O3S2. The summed E-state index contributed by atoms with van der Waals surface area (Å²) in [6.07, 6.45) is 0. The Morgan fingerprint density at radius 3 is 2.46 bits per heavy atom. The Labute approximate surface area is 165 Å². The molecule has 0 bridgehead atoms. The lowest BCUT2D eigenvalue weighted by molar-refractivity contribution is 0.415. The molecule has 0 atom stereocenters. The van der Waals surface area contributed by atoms with E-state index in [1.54, 1.807) is 31.5 Å². The quantitative estimate of drug-likeness (QED) is 0.603. The van der Waals surface area contributed by atoms with Crippen LogP contribution in [0.25, 0.3) is 11.3 Å². The Bertz CT molecular complexity index is 1050. The highest BCUT2D eigenvalue weighted by molar-refractivity contribution is 7.93. The van der Waals surface area contributed by atoms with Gasteiger partial charge in [-0.2, -0.15) is 0 Å². The Balaban J connectivity index is 1.90. The number of anilines is 1. The first-order valence-electron chi connectivity index (χ1n) is 7.39. The average molecular weight is 429 g/mol. The lowest BCUT2D eigenvalue weighted by atomic mass is 10.2. The molecule has 136 valence electrons. The number of ether oxygens (including phenoxy) is 1. The van der Waals surface area contributed by atoms with Crippen molar-refractivity contribution >= 4 is 49.7 Å². The summed E-state index contributed by atoms with van der Waals surface area (Å²) in [6.45, 7) is 1.65. The van der Waals surface area contributed by atoms with Crippen molar-refractivity contribution in [2.75, 3.05) is 11.8 Å². The molecule has 3 rings (SSSR count). The summed E-state index contributed by atoms with van der Waals surface area (Å²) in [6, 6.07) is 10.5. The average Bonchev–Trinajstić information content (AvgIpc) is 3.06. The van der Waals surface area contributed by atoms with Crippen molar-refractivity contribution in [3.8, 4) is 17.0 Å². The van der Waals surface area contributed by atoms with Crippen LogP contribution in [0.1, 0.15) is 5.56 Å². The van der Waals surface area contributed by atoms with E-state index in [-0.39, 0.29) is 20.1 Å². The van der Waals surface area contributed by atoms with Crippen molar-refractivity contribution in [1.82, 2.24) is 4.98 Å². The van der Waals surface area contributed by atoms with Crippen LogP contribution in [-0.2, 0) is 10.0 Å². The number of aromatic nitrogens is 1. The molecule has 0 radical (unpaired) electrons. The Morgan fingerprint density at radius 1 is 1.12 bits per heavy atom. The first kappa shape index (κ1) is 19.0. The highest BCUT2D eigenvalue weighted by Gasteiger charge is 2.23. The third-order valence-electron chi connectivity index (χ3n) is 3.63. The van der Waals surface area contributed by atoms with Crippen molar-refractivity contribution in [2.45, 2.75) is 11.8 Å². The first-order valence-corrected chi connectivity index (χ1v) is 10.5. The van der Waals surface area contributed by atoms with Gasteiger partial charge in [0.05, 0.1) is 22.8 Å². The molecule has 0 saturated carbocycles. The Kier molecular flexibility index (Phi) is 5.43. The maximum absolute atomic E-state index is 12.7. The second-order valence-electron chi connectivity index (χ2n) is 5.38. The van der Waals surface area contributed by atoms with Gasteiger partial charge < -0.3 is 4.74 Å². The van der Waals surface area contributed by atoms with E-state index in [2.05, 4.69) is 9.71 Å². The van der Waals surface area contributed by atoms with Crippen LogP contribution in [0.3, 0.4) is 0 Å². The number of hydrogen-bond acceptors (Lipinski definition) is 5. The fraction of sp³-hybridized carbons (Fsp3) is 0.118. The Hall–Kier alpha value is -1.80. The maximum atomic E-state index is 12.7. The summed E-state index contributed by atoms with van der Waals surface area (Å²) in [5.74, 6) is 0.732. The SMILES string of the molecule is COc1ccc(-c2csc(NS(=O)(=O)c3c(C)ccc(Cl)c3Cl)n2)cc1. The maximum Gasteiger partial charge on any atom is 0.265 e. The summed E-state index contributed by atoms with van der Waals surface area (Å²) >= 11 is 13.2. The smallest absolute Gasteiger partial charge is 0.265 e. The molecule has 5 nitrogen and oxygen atoms in total. The van der Waals surface area contributed by atoms with E-state index in [0.29, 0.717) is 11.3 Å². The molecule has 1 aromatic heterocycles. The van der Waals surface area contributed by atoms with Crippen molar-refractivity contribution < 1.29 is 13.2 Å². The van der Waals surface area contributed by atoms with Gasteiger partial charge in [0.1, 0.15) is 10.6 Å². The van der Waals surface area contributed by atoms with Gasteiger partial charge >= 0.3 is 0 Å². The predicted octanol–water partition coefficient (Wildman–Crippen LogP) is 5.23. The number of nitrogens with one attached hydrogen (secondary N) is 1. The standard InChI is InChI=1S/C17H14Cl2N2O3S2/c1-10-3-8-13(18)15(19)16(10)26(22,23)21-17-20-14(9-25-17)11-4-6-12(24-2)7-5-11/h3-9H,1-2H3,(H,20,21). The van der Waals surface area contributed by atoms with Crippen molar-refractivity contribution in [3.63, 3.8) is 0 Å². The van der Waals surface area contributed by atoms with Gasteiger partial charge in [-0.25, -0.2) is 13.4 Å². The summed E-state index contributed by atoms with van der Waals surface area (Å²) < 4.78 is 33.0. The number of rotatable bonds is 5. The fourth-order valence-corrected chi connectivity index (χ4v) is 5.37. The molecular weight excluding hydrogens is 415 g/mol. The number of methoxy groups -OCH3 is 1. The second-order valence-corrected chi connectivity index (χ2v) is 8.64. The molecule has 1 heterocycles. The minimum atomic E-state index is -3.92. The summed E-state index contributed by atoms with van der Waals surface area (Å²) in [5.41, 5.74) is 2.01. The number of nitrogens with zero attached hydrogens (tertiary/aromatic N) is 1. The molecule has 0 fully saturated rings. The molecule has 0 aliphatic carbocycles. The van der Waals surface area contributed by atoms with Crippen molar-refractivity contribution in [2.24, 2.45) is 0 Å². The van der Waals surface area contributed by atoms with Gasteiger partial charge in [0.2, 0.25) is 0 Å². The molecule has 3 aromatic rings.